The second-order valence-corrected chi connectivity index (χ2v) is 8.68. The molecule has 3 aromatic carbocycles. The van der Waals surface area contributed by atoms with Gasteiger partial charge in [-0.1, -0.05) is 55.3 Å². The van der Waals surface area contributed by atoms with E-state index in [9.17, 15) is 9.59 Å². The predicted molar refractivity (Wildman–Crippen MR) is 140 cm³/mol. The van der Waals surface area contributed by atoms with Crippen LogP contribution in [0.2, 0.25) is 0 Å². The minimum Gasteiger partial charge on any atom is -0.411 e. The monoisotopic (exact) mass is 489 g/mol. The summed E-state index contributed by atoms with van der Waals surface area (Å²) in [5.41, 5.74) is 3.38. The third-order valence-corrected chi connectivity index (χ3v) is 6.57. The number of carbonyl (C=O) groups excluding carboxylic acids is 1. The number of nitrogens with one attached hydrogen (secondary N) is 1. The Morgan fingerprint density at radius 3 is 2.43 bits per heavy atom. The molecule has 1 fully saturated rings. The highest BCUT2D eigenvalue weighted by atomic mass is 32.1. The van der Waals surface area contributed by atoms with Crippen molar-refractivity contribution in [2.24, 2.45) is 0 Å². The predicted octanol–water partition coefficient (Wildman–Crippen LogP) is 4.87. The Morgan fingerprint density at radius 1 is 0.971 bits per heavy atom. The normalized spacial score (nSPS) is 15.0. The van der Waals surface area contributed by atoms with Gasteiger partial charge in [0.15, 0.2) is 11.0 Å². The fourth-order valence-electron chi connectivity index (χ4n) is 4.30. The lowest BCUT2D eigenvalue weighted by Gasteiger charge is -2.37. The third kappa shape index (κ3) is 4.68. The Morgan fingerprint density at radius 2 is 1.71 bits per heavy atom. The van der Waals surface area contributed by atoms with Crippen LogP contribution in [0.1, 0.15) is 10.4 Å². The smallest absolute Gasteiger partial charge is 0.342 e. The summed E-state index contributed by atoms with van der Waals surface area (Å²) in [7, 11) is 0. The summed E-state index contributed by atoms with van der Waals surface area (Å²) in [5, 5.41) is 0.511. The molecule has 0 aliphatic carbocycles. The molecular formula is C27H25N2O5S+. The second kappa shape index (κ2) is 9.95. The van der Waals surface area contributed by atoms with Gasteiger partial charge in [0, 0.05) is 11.3 Å². The molecule has 0 bridgehead atoms. The first kappa shape index (κ1) is 23.2. The Kier molecular flexibility index (Phi) is 6.59. The first-order chi connectivity index (χ1) is 17.1. The van der Waals surface area contributed by atoms with Crippen molar-refractivity contribution in [1.82, 2.24) is 4.48 Å². The largest absolute Gasteiger partial charge is 0.411 e. The maximum Gasteiger partial charge on any atom is 0.342 e. The van der Waals surface area contributed by atoms with Gasteiger partial charge in [-0.15, -0.1) is 0 Å². The minimum absolute atomic E-state index is 0.0245. The van der Waals surface area contributed by atoms with Gasteiger partial charge in [0.2, 0.25) is 6.73 Å². The SMILES string of the molecule is O=C(OC[N+]1(c2cc(=O)c3cccc(-c4ccccc4)c3o2)CCOCC1)c1ccc(NS)cc1. The van der Waals surface area contributed by atoms with Gasteiger partial charge in [-0.2, -0.15) is 0 Å². The zero-order valence-electron chi connectivity index (χ0n) is 19.0. The zero-order valence-corrected chi connectivity index (χ0v) is 19.9. The van der Waals surface area contributed by atoms with Gasteiger partial charge in [-0.25, -0.2) is 9.28 Å². The van der Waals surface area contributed by atoms with Crippen LogP contribution in [0, 0.1) is 0 Å². The molecule has 1 N–H and O–H groups in total. The van der Waals surface area contributed by atoms with Crippen molar-refractivity contribution in [3.8, 4) is 11.1 Å². The van der Waals surface area contributed by atoms with E-state index in [1.165, 1.54) is 6.07 Å². The van der Waals surface area contributed by atoms with Crippen LogP contribution in [-0.2, 0) is 9.47 Å². The van der Waals surface area contributed by atoms with Crippen LogP contribution < -0.4 is 14.6 Å². The molecular weight excluding hydrogens is 464 g/mol. The molecule has 2 heterocycles. The summed E-state index contributed by atoms with van der Waals surface area (Å²) < 4.78 is 20.7. The third-order valence-electron chi connectivity index (χ3n) is 6.31. The molecule has 0 amide bonds. The second-order valence-electron chi connectivity index (χ2n) is 8.45. The lowest BCUT2D eigenvalue weighted by Crippen LogP contribution is -2.58. The van der Waals surface area contributed by atoms with E-state index in [4.69, 9.17) is 13.9 Å². The van der Waals surface area contributed by atoms with Gasteiger partial charge in [-0.05, 0) is 35.9 Å². The number of hydrogen-bond acceptors (Lipinski definition) is 7. The molecule has 1 aromatic heterocycles. The maximum absolute atomic E-state index is 13.2. The van der Waals surface area contributed by atoms with E-state index in [1.807, 2.05) is 42.5 Å². The fraction of sp³-hybridized carbons (Fsp3) is 0.185. The van der Waals surface area contributed by atoms with Crippen molar-refractivity contribution >= 4 is 41.3 Å². The van der Waals surface area contributed by atoms with Crippen molar-refractivity contribution in [3.05, 3.63) is 94.6 Å². The van der Waals surface area contributed by atoms with Crippen LogP contribution >= 0.6 is 12.8 Å². The van der Waals surface area contributed by atoms with Crippen LogP contribution in [0.15, 0.2) is 88.1 Å². The molecule has 0 atom stereocenters. The van der Waals surface area contributed by atoms with Crippen LogP contribution in [0.4, 0.5) is 11.6 Å². The van der Waals surface area contributed by atoms with Crippen LogP contribution in [0.3, 0.4) is 0 Å². The lowest BCUT2D eigenvalue weighted by atomic mass is 10.0. The number of morpholine rings is 1. The van der Waals surface area contributed by atoms with Crippen LogP contribution in [0.25, 0.3) is 22.1 Å². The summed E-state index contributed by atoms with van der Waals surface area (Å²) in [4.78, 5) is 26.0. The Hall–Kier alpha value is -3.59. The number of thiol groups is 1. The van der Waals surface area contributed by atoms with E-state index >= 15 is 0 Å². The number of benzene rings is 3. The number of carbonyl (C=O) groups is 1. The average molecular weight is 490 g/mol. The van der Waals surface area contributed by atoms with Crippen molar-refractivity contribution < 1.29 is 18.7 Å². The van der Waals surface area contributed by atoms with Crippen molar-refractivity contribution in [2.45, 2.75) is 0 Å². The quantitative estimate of drug-likeness (QED) is 0.229. The number of nitrogens with zero attached hydrogens (tertiary/aromatic N) is 1. The molecule has 0 spiro atoms. The summed E-state index contributed by atoms with van der Waals surface area (Å²) in [5.74, 6) is 0.00409. The molecule has 1 saturated heterocycles. The number of fused-ring (bicyclic) bond motifs is 1. The molecule has 5 rings (SSSR count). The molecule has 4 aromatic rings. The van der Waals surface area contributed by atoms with E-state index in [2.05, 4.69) is 17.5 Å². The van der Waals surface area contributed by atoms with Crippen molar-refractivity contribution in [2.75, 3.05) is 37.8 Å². The lowest BCUT2D eigenvalue weighted by molar-refractivity contribution is -0.0242. The highest BCUT2D eigenvalue weighted by Crippen LogP contribution is 2.33. The van der Waals surface area contributed by atoms with E-state index in [1.54, 1.807) is 30.3 Å². The topological polar surface area (TPSA) is 77.8 Å². The van der Waals surface area contributed by atoms with Gasteiger partial charge < -0.3 is 18.6 Å². The van der Waals surface area contributed by atoms with Crippen molar-refractivity contribution in [3.63, 3.8) is 0 Å². The molecule has 35 heavy (non-hydrogen) atoms. The first-order valence-corrected chi connectivity index (χ1v) is 11.8. The Labute approximate surface area is 208 Å². The fourth-order valence-corrected chi connectivity index (χ4v) is 4.44. The Balaban J connectivity index is 1.52. The summed E-state index contributed by atoms with van der Waals surface area (Å²) >= 11 is 4.01. The minimum atomic E-state index is -0.451. The van der Waals surface area contributed by atoms with Gasteiger partial charge in [0.1, 0.15) is 13.1 Å². The Bertz CT molecular complexity index is 1400. The van der Waals surface area contributed by atoms with E-state index in [0.29, 0.717) is 48.7 Å². The average Bonchev–Trinajstić information content (AvgIpc) is 2.92. The standard InChI is InChI=1S/C27H24N2O5S/c30-24-17-25(34-26-22(7-4-8-23(24)26)19-5-2-1-3-6-19)29(13-15-32-16-14-29)18-33-27(31)20-9-11-21(28-35)12-10-20/h1-12,17H,13-16,18H2,(H-,28,31,35)/p+1. The van der Waals surface area contributed by atoms with Gasteiger partial charge >= 0.3 is 11.9 Å². The van der Waals surface area contributed by atoms with Gasteiger partial charge in [-0.3, -0.25) is 4.79 Å². The molecule has 1 aliphatic rings. The van der Waals surface area contributed by atoms with Crippen molar-refractivity contribution in [1.29, 1.82) is 0 Å². The molecule has 8 heteroatoms. The van der Waals surface area contributed by atoms with E-state index < -0.39 is 5.97 Å². The van der Waals surface area contributed by atoms with Gasteiger partial charge in [0.05, 0.1) is 30.2 Å². The molecule has 7 nitrogen and oxygen atoms in total. The zero-order chi connectivity index (χ0) is 24.3. The van der Waals surface area contributed by atoms with E-state index in [0.717, 1.165) is 16.8 Å². The summed E-state index contributed by atoms with van der Waals surface area (Å²) in [6, 6.07) is 23.7. The molecule has 1 aliphatic heterocycles. The molecule has 178 valence electrons. The summed E-state index contributed by atoms with van der Waals surface area (Å²) in [6.45, 7) is 1.97. The molecule has 0 saturated carbocycles. The number of ether oxygens (including phenoxy) is 2. The number of hydrogen-bond donors (Lipinski definition) is 2. The molecule has 0 unspecified atom stereocenters. The summed E-state index contributed by atoms with van der Waals surface area (Å²) in [6.07, 6.45) is 0. The van der Waals surface area contributed by atoms with Crippen LogP contribution in [0.5, 0.6) is 0 Å². The van der Waals surface area contributed by atoms with E-state index in [-0.39, 0.29) is 16.6 Å². The molecule has 0 radical (unpaired) electrons. The highest BCUT2D eigenvalue weighted by Gasteiger charge is 2.38. The number of quaternary nitrogens is 1. The first-order valence-electron chi connectivity index (χ1n) is 11.3. The highest BCUT2D eigenvalue weighted by molar-refractivity contribution is 7.81. The maximum atomic E-state index is 13.2. The van der Waals surface area contributed by atoms with Gasteiger partial charge in [0.25, 0.3) is 0 Å². The number of esters is 1. The van der Waals surface area contributed by atoms with Crippen LogP contribution in [-0.4, -0.2) is 39.0 Å². The number of anilines is 1. The number of para-hydroxylation sites is 1. The number of rotatable bonds is 6.